The molecular formula is C6H9NO2S2. The van der Waals surface area contributed by atoms with Crippen LogP contribution in [0.15, 0.2) is 9.59 Å². The van der Waals surface area contributed by atoms with Gasteiger partial charge in [-0.3, -0.25) is 14.2 Å². The summed E-state index contributed by atoms with van der Waals surface area (Å²) in [4.78, 5) is 21.8. The van der Waals surface area contributed by atoms with E-state index in [-0.39, 0.29) is 15.8 Å². The van der Waals surface area contributed by atoms with E-state index in [0.29, 0.717) is 0 Å². The highest BCUT2D eigenvalue weighted by Crippen LogP contribution is 2.05. The first-order valence-corrected chi connectivity index (χ1v) is 5.53. The SMILES string of the molecule is CC[C@H](C)n1c(=O)ssc1=O. The molecule has 1 heterocycles. The van der Waals surface area contributed by atoms with E-state index in [1.165, 1.54) is 4.57 Å². The molecule has 0 aromatic carbocycles. The summed E-state index contributed by atoms with van der Waals surface area (Å²) in [6.45, 7) is 3.83. The normalized spacial score (nSPS) is 13.3. The average molecular weight is 191 g/mol. The first kappa shape index (κ1) is 8.67. The number of hydrogen-bond donors (Lipinski definition) is 0. The zero-order chi connectivity index (χ0) is 8.43. The third kappa shape index (κ3) is 1.59. The van der Waals surface area contributed by atoms with Crippen molar-refractivity contribution in [1.29, 1.82) is 0 Å². The largest absolute Gasteiger partial charge is 0.320 e. The molecule has 0 fully saturated rings. The van der Waals surface area contributed by atoms with Crippen molar-refractivity contribution in [3.05, 3.63) is 19.3 Å². The molecule has 0 aliphatic carbocycles. The van der Waals surface area contributed by atoms with Gasteiger partial charge in [0.15, 0.2) is 0 Å². The smallest absolute Gasteiger partial charge is 0.256 e. The van der Waals surface area contributed by atoms with Gasteiger partial charge in [0.25, 0.3) is 0 Å². The minimum Gasteiger partial charge on any atom is -0.256 e. The number of rotatable bonds is 2. The maximum absolute atomic E-state index is 11.0. The lowest BCUT2D eigenvalue weighted by atomic mass is 10.3. The van der Waals surface area contributed by atoms with Crippen LogP contribution in [0.1, 0.15) is 26.3 Å². The van der Waals surface area contributed by atoms with Gasteiger partial charge in [-0.05, 0) is 34.0 Å². The highest BCUT2D eigenvalue weighted by Gasteiger charge is 2.09. The number of hydrogen-bond acceptors (Lipinski definition) is 4. The Morgan fingerprint density at radius 1 is 1.36 bits per heavy atom. The lowest BCUT2D eigenvalue weighted by Crippen LogP contribution is -2.26. The summed E-state index contributed by atoms with van der Waals surface area (Å²) in [7, 11) is 2.02. The Kier molecular flexibility index (Phi) is 2.62. The van der Waals surface area contributed by atoms with Crippen molar-refractivity contribution in [2.75, 3.05) is 0 Å². The van der Waals surface area contributed by atoms with Gasteiger partial charge < -0.3 is 0 Å². The molecule has 0 saturated carbocycles. The second-order valence-electron chi connectivity index (χ2n) is 2.33. The molecular weight excluding hydrogens is 182 g/mol. The Hall–Kier alpha value is -0.420. The van der Waals surface area contributed by atoms with Crippen LogP contribution in [0.2, 0.25) is 0 Å². The second kappa shape index (κ2) is 3.32. The first-order chi connectivity index (χ1) is 5.16. The van der Waals surface area contributed by atoms with Crippen molar-refractivity contribution in [3.63, 3.8) is 0 Å². The minimum absolute atomic E-state index is 0.0394. The van der Waals surface area contributed by atoms with Gasteiger partial charge in [-0.1, -0.05) is 6.92 Å². The molecule has 11 heavy (non-hydrogen) atoms. The van der Waals surface area contributed by atoms with Gasteiger partial charge in [0.05, 0.1) is 0 Å². The van der Waals surface area contributed by atoms with Crippen molar-refractivity contribution in [1.82, 2.24) is 4.57 Å². The third-order valence-electron chi connectivity index (χ3n) is 1.61. The van der Waals surface area contributed by atoms with E-state index >= 15 is 0 Å². The van der Waals surface area contributed by atoms with Gasteiger partial charge in [0.1, 0.15) is 0 Å². The summed E-state index contributed by atoms with van der Waals surface area (Å²) < 4.78 is 1.31. The van der Waals surface area contributed by atoms with E-state index in [9.17, 15) is 9.59 Å². The molecule has 0 amide bonds. The van der Waals surface area contributed by atoms with Gasteiger partial charge in [-0.2, -0.15) is 0 Å². The molecule has 0 radical (unpaired) electrons. The topological polar surface area (TPSA) is 39.1 Å². The summed E-state index contributed by atoms with van der Waals surface area (Å²) in [6, 6.07) is 0.0394. The molecule has 1 aromatic heterocycles. The molecule has 0 aliphatic heterocycles. The molecule has 62 valence electrons. The number of nitrogens with zero attached hydrogens (tertiary/aromatic N) is 1. The Bertz CT molecular complexity index is 307. The standard InChI is InChI=1S/C6H9NO2S2/c1-3-4(2)7-5(8)10-11-6(7)9/h4H,3H2,1-2H3/t4-/m0/s1. The van der Waals surface area contributed by atoms with Crippen LogP contribution in [-0.4, -0.2) is 4.57 Å². The molecule has 1 rings (SSSR count). The highest BCUT2D eigenvalue weighted by atomic mass is 32.9. The fourth-order valence-corrected chi connectivity index (χ4v) is 2.56. The molecule has 3 nitrogen and oxygen atoms in total. The monoisotopic (exact) mass is 191 g/mol. The Morgan fingerprint density at radius 3 is 2.18 bits per heavy atom. The van der Waals surface area contributed by atoms with Gasteiger partial charge in [-0.15, -0.1) is 0 Å². The maximum atomic E-state index is 11.0. The van der Waals surface area contributed by atoms with E-state index in [4.69, 9.17) is 0 Å². The van der Waals surface area contributed by atoms with E-state index in [1.54, 1.807) is 0 Å². The van der Waals surface area contributed by atoms with E-state index < -0.39 is 0 Å². The third-order valence-corrected chi connectivity index (χ3v) is 3.48. The zero-order valence-corrected chi connectivity index (χ0v) is 8.00. The van der Waals surface area contributed by atoms with E-state index in [1.807, 2.05) is 13.8 Å². The van der Waals surface area contributed by atoms with Crippen molar-refractivity contribution >= 4 is 20.7 Å². The lowest BCUT2D eigenvalue weighted by molar-refractivity contribution is 0.514. The van der Waals surface area contributed by atoms with Crippen LogP contribution < -0.4 is 9.75 Å². The van der Waals surface area contributed by atoms with Gasteiger partial charge in [-0.25, -0.2) is 0 Å². The predicted molar refractivity (Wildman–Crippen MR) is 47.7 cm³/mol. The van der Waals surface area contributed by atoms with Gasteiger partial charge in [0.2, 0.25) is 0 Å². The molecule has 0 aliphatic rings. The number of aromatic nitrogens is 1. The lowest BCUT2D eigenvalue weighted by Gasteiger charge is -2.05. The Labute approximate surface area is 71.3 Å². The molecule has 0 unspecified atom stereocenters. The average Bonchev–Trinajstić information content (AvgIpc) is 2.30. The molecule has 5 heteroatoms. The summed E-state index contributed by atoms with van der Waals surface area (Å²) in [5.74, 6) is 0. The fourth-order valence-electron chi connectivity index (χ4n) is 0.769. The maximum Gasteiger partial charge on any atom is 0.320 e. The first-order valence-electron chi connectivity index (χ1n) is 3.38. The molecule has 0 bridgehead atoms. The molecule has 0 spiro atoms. The van der Waals surface area contributed by atoms with E-state index in [0.717, 1.165) is 27.1 Å². The minimum atomic E-state index is -0.130. The van der Waals surface area contributed by atoms with Gasteiger partial charge in [0, 0.05) is 6.04 Å². The second-order valence-corrected chi connectivity index (χ2v) is 4.36. The van der Waals surface area contributed by atoms with Crippen molar-refractivity contribution < 1.29 is 0 Å². The molecule has 1 aromatic rings. The van der Waals surface area contributed by atoms with Crippen LogP contribution in [0.3, 0.4) is 0 Å². The van der Waals surface area contributed by atoms with Crippen LogP contribution in [0.5, 0.6) is 0 Å². The Balaban J connectivity index is 3.21. The van der Waals surface area contributed by atoms with Crippen molar-refractivity contribution in [2.24, 2.45) is 0 Å². The Morgan fingerprint density at radius 2 is 1.82 bits per heavy atom. The molecule has 0 saturated heterocycles. The fraction of sp³-hybridized carbons (Fsp3) is 0.667. The van der Waals surface area contributed by atoms with Crippen LogP contribution in [0.4, 0.5) is 0 Å². The molecule has 1 atom stereocenters. The summed E-state index contributed by atoms with van der Waals surface area (Å²) in [5, 5.41) is 0. The van der Waals surface area contributed by atoms with Gasteiger partial charge >= 0.3 is 9.75 Å². The quantitative estimate of drug-likeness (QED) is 0.661. The van der Waals surface area contributed by atoms with Crippen molar-refractivity contribution in [3.8, 4) is 0 Å². The highest BCUT2D eigenvalue weighted by molar-refractivity contribution is 7.67. The van der Waals surface area contributed by atoms with Crippen LogP contribution in [0.25, 0.3) is 0 Å². The summed E-state index contributed by atoms with van der Waals surface area (Å²) in [5.41, 5.74) is 0. The van der Waals surface area contributed by atoms with Crippen LogP contribution in [-0.2, 0) is 0 Å². The summed E-state index contributed by atoms with van der Waals surface area (Å²) >= 11 is 0. The van der Waals surface area contributed by atoms with Crippen LogP contribution in [0, 0.1) is 0 Å². The van der Waals surface area contributed by atoms with Crippen molar-refractivity contribution in [2.45, 2.75) is 26.3 Å². The van der Waals surface area contributed by atoms with Crippen LogP contribution >= 0.6 is 20.7 Å². The summed E-state index contributed by atoms with van der Waals surface area (Å²) in [6.07, 6.45) is 0.818. The molecule has 0 N–H and O–H groups in total. The predicted octanol–water partition coefficient (Wildman–Crippen LogP) is 1.30. The van der Waals surface area contributed by atoms with E-state index in [2.05, 4.69) is 0 Å². The zero-order valence-electron chi connectivity index (χ0n) is 6.36.